The average molecular weight is 726 g/mol. The maximum absolute atomic E-state index is 11.8. The molecule has 3 N–H and O–H groups in total. The number of hydrogen-bond acceptors (Lipinski definition) is 14. The monoisotopic (exact) mass is 725 g/mol. The van der Waals surface area contributed by atoms with Crippen LogP contribution in [0.3, 0.4) is 0 Å². The molecule has 0 spiro atoms. The van der Waals surface area contributed by atoms with Crippen molar-refractivity contribution in [2.45, 2.75) is 23.6 Å². The van der Waals surface area contributed by atoms with Crippen LogP contribution in [-0.4, -0.2) is 42.3 Å². The second kappa shape index (κ2) is 17.8. The van der Waals surface area contributed by atoms with Crippen LogP contribution in [0.5, 0.6) is 23.0 Å². The van der Waals surface area contributed by atoms with Crippen molar-refractivity contribution in [2.24, 2.45) is 10.2 Å². The Morgan fingerprint density at radius 2 is 1.59 bits per heavy atom. The topological polar surface area (TPSA) is 211 Å². The number of anilines is 1. The third-order valence-corrected chi connectivity index (χ3v) is 8.18. The number of amides is 1. The van der Waals surface area contributed by atoms with Gasteiger partial charge in [0.1, 0.15) is 46.3 Å². The van der Waals surface area contributed by atoms with Crippen molar-refractivity contribution in [3.8, 4) is 23.0 Å². The fourth-order valence-corrected chi connectivity index (χ4v) is 5.74. The fourth-order valence-electron chi connectivity index (χ4n) is 4.71. The molecule has 0 heterocycles. The van der Waals surface area contributed by atoms with Gasteiger partial charge in [-0.15, -0.1) is 5.11 Å². The Kier molecular flexibility index (Phi) is 14.7. The van der Waals surface area contributed by atoms with Crippen molar-refractivity contribution < 1.29 is 111 Å². The van der Waals surface area contributed by atoms with Crippen LogP contribution in [0.1, 0.15) is 12.5 Å². The number of aryl methyl sites for hydroxylation is 1. The number of nitrogens with zero attached hydrogens (tertiary/aromatic N) is 2. The summed E-state index contributed by atoms with van der Waals surface area (Å²) in [7, 11) is -4.95. The minimum absolute atomic E-state index is 0. The Morgan fingerprint density at radius 1 is 0.918 bits per heavy atom. The van der Waals surface area contributed by atoms with E-state index in [1.807, 2.05) is 24.3 Å². The Morgan fingerprint density at radius 3 is 2.24 bits per heavy atom. The predicted octanol–water partition coefficient (Wildman–Crippen LogP) is -0.313. The molecule has 49 heavy (non-hydrogen) atoms. The number of fused-ring (bicyclic) bond motifs is 2. The molecule has 18 heteroatoms. The molecule has 0 radical (unpaired) electrons. The summed E-state index contributed by atoms with van der Waals surface area (Å²) in [6.45, 7) is 3.40. The number of benzene rings is 5. The van der Waals surface area contributed by atoms with E-state index in [2.05, 4.69) is 24.9 Å². The van der Waals surface area contributed by atoms with Crippen LogP contribution in [-0.2, 0) is 24.3 Å². The zero-order valence-corrected chi connectivity index (χ0v) is 32.3. The van der Waals surface area contributed by atoms with Crippen LogP contribution in [0.15, 0.2) is 92.8 Å². The van der Waals surface area contributed by atoms with Crippen molar-refractivity contribution >= 4 is 66.7 Å². The Labute approximate surface area is 328 Å². The van der Waals surface area contributed by atoms with E-state index >= 15 is 0 Å². The number of hydrogen-bond donors (Lipinski definition) is 3. The third kappa shape index (κ3) is 9.84. The van der Waals surface area contributed by atoms with Gasteiger partial charge >= 0.3 is 59.1 Å². The second-order valence-electron chi connectivity index (χ2n) is 9.97. The van der Waals surface area contributed by atoms with E-state index in [1.54, 1.807) is 37.3 Å². The summed E-state index contributed by atoms with van der Waals surface area (Å²) in [5.74, 6) is 0.178. The molecular weight excluding hydrogens is 700 g/mol. The average Bonchev–Trinajstić information content (AvgIpc) is 3.03. The maximum atomic E-state index is 11.8. The molecule has 0 saturated carbocycles. The number of carbonyl (C=O) groups is 1. The van der Waals surface area contributed by atoms with Crippen LogP contribution in [0.4, 0.5) is 17.1 Å². The van der Waals surface area contributed by atoms with Gasteiger partial charge in [0.05, 0.1) is 33.2 Å². The van der Waals surface area contributed by atoms with Crippen molar-refractivity contribution in [1.29, 1.82) is 0 Å². The third-order valence-electron chi connectivity index (χ3n) is 6.76. The van der Waals surface area contributed by atoms with Crippen molar-refractivity contribution in [2.75, 3.05) is 18.5 Å². The van der Waals surface area contributed by atoms with Gasteiger partial charge in [0.25, 0.3) is 0 Å². The number of aromatic hydroxyl groups is 2. The van der Waals surface area contributed by atoms with E-state index in [4.69, 9.17) is 9.47 Å². The summed E-state index contributed by atoms with van der Waals surface area (Å²) in [6, 6.07) is 18.8. The fraction of sp³-hybridized carbons (Fsp3) is 0.129. The van der Waals surface area contributed by atoms with Gasteiger partial charge in [0.2, 0.25) is 5.91 Å². The molecule has 0 saturated heterocycles. The van der Waals surface area contributed by atoms with E-state index in [0.717, 1.165) is 24.4 Å². The van der Waals surface area contributed by atoms with Crippen LogP contribution in [0, 0.1) is 6.92 Å². The molecule has 5 rings (SSSR count). The normalized spacial score (nSPS) is 11.3. The van der Waals surface area contributed by atoms with Gasteiger partial charge in [0, 0.05) is 23.1 Å². The molecule has 1 amide bonds. The summed E-state index contributed by atoms with van der Waals surface area (Å²) in [4.78, 5) is 11.1. The number of carbonyl (C=O) groups excluding carboxylic acids is 1. The summed E-state index contributed by atoms with van der Waals surface area (Å²) < 4.78 is 51.3. The van der Waals surface area contributed by atoms with Gasteiger partial charge in [-0.1, -0.05) is 24.3 Å². The molecule has 0 aliphatic carbocycles. The molecule has 5 aromatic carbocycles. The Hall–Kier alpha value is -2.97. The molecule has 0 atom stereocenters. The first-order chi connectivity index (χ1) is 22.5. The zero-order valence-electron chi connectivity index (χ0n) is 26.6. The number of azo groups is 1. The first-order valence-electron chi connectivity index (χ1n) is 13.7. The molecule has 0 aliphatic rings. The van der Waals surface area contributed by atoms with Crippen LogP contribution in [0.2, 0.25) is 0 Å². The number of ether oxygens (including phenoxy) is 2. The van der Waals surface area contributed by atoms with Gasteiger partial charge in [-0.05, 0) is 66.4 Å². The largest absolute Gasteiger partial charge is 1.00 e. The van der Waals surface area contributed by atoms with Crippen LogP contribution >= 0.6 is 12.0 Å². The van der Waals surface area contributed by atoms with E-state index in [9.17, 15) is 33.2 Å². The minimum Gasteiger partial charge on any atom is -0.744 e. The van der Waals surface area contributed by atoms with Gasteiger partial charge in [-0.25, -0.2) is 8.42 Å². The number of nitrogens with one attached hydrogen (secondary N) is 1. The number of phenolic OH excluding ortho intramolecular Hbond substituents is 2. The van der Waals surface area contributed by atoms with Crippen LogP contribution in [0.25, 0.3) is 21.5 Å². The molecule has 0 aromatic heterocycles. The van der Waals surface area contributed by atoms with E-state index in [-0.39, 0.29) is 105 Å². The SMILES string of the molecule is CC(=O)Nc1cc(S(=O)(=O)[O-])cc2cc(SOO[O-])c(N=Nc3ccc(OCCOc4cc(C)c(O)c5ccccc45)cc3)c(O)c12.[Na+].[Na+]. The quantitative estimate of drug-likeness (QED) is 0.0288. The minimum atomic E-state index is -4.95. The summed E-state index contributed by atoms with van der Waals surface area (Å²) >= 11 is 0.351. The van der Waals surface area contributed by atoms with E-state index < -0.39 is 26.7 Å². The maximum Gasteiger partial charge on any atom is 1.00 e. The van der Waals surface area contributed by atoms with Crippen molar-refractivity contribution in [1.82, 2.24) is 0 Å². The first kappa shape index (κ1) is 40.5. The summed E-state index contributed by atoms with van der Waals surface area (Å²) in [6.07, 6.45) is 0. The summed E-state index contributed by atoms with van der Waals surface area (Å²) in [5, 5.41) is 47.5. The number of phenols is 2. The first-order valence-corrected chi connectivity index (χ1v) is 15.8. The second-order valence-corrected chi connectivity index (χ2v) is 12.1. The molecular formula is C31H25N3Na2O11S2. The molecule has 5 aromatic rings. The van der Waals surface area contributed by atoms with Crippen LogP contribution < -0.4 is 79.2 Å². The summed E-state index contributed by atoms with van der Waals surface area (Å²) in [5.41, 5.74) is 0.648. The molecule has 0 bridgehead atoms. The zero-order chi connectivity index (χ0) is 33.7. The van der Waals surface area contributed by atoms with Gasteiger partial charge < -0.3 is 34.8 Å². The Bertz CT molecular complexity index is 2120. The standard InChI is InChI=1S/C31H27N3O11S2.2Na/c1-17-13-26(23-5-3-4-6-24(23)30(17)36)43-12-11-42-21-9-7-20(8-10-21)33-34-29-27(46-45-44-38)15-19-14-22(47(39,40)41)16-25(32-18(2)35)28(19)31(29)37;;/h3-10,13-16,36-38H,11-12H2,1-2H3,(H,32,35)(H,39,40,41);;/q;2*+1/p-2. The van der Waals surface area contributed by atoms with E-state index in [1.165, 1.54) is 6.07 Å². The van der Waals surface area contributed by atoms with Gasteiger partial charge in [-0.2, -0.15) is 9.45 Å². The molecule has 244 valence electrons. The van der Waals surface area contributed by atoms with Crippen molar-refractivity contribution in [3.05, 3.63) is 78.4 Å². The molecule has 14 nitrogen and oxygen atoms in total. The molecule has 0 fully saturated rings. The van der Waals surface area contributed by atoms with Crippen molar-refractivity contribution in [3.63, 3.8) is 0 Å². The smallest absolute Gasteiger partial charge is 0.744 e. The Balaban J connectivity index is 0.00000325. The van der Waals surface area contributed by atoms with Gasteiger partial charge in [0.15, 0.2) is 5.75 Å². The predicted molar refractivity (Wildman–Crippen MR) is 168 cm³/mol. The number of rotatable bonds is 12. The molecule has 0 unspecified atom stereocenters. The molecule has 0 aliphatic heterocycles. The van der Waals surface area contributed by atoms with Gasteiger partial charge in [-0.3, -0.25) is 9.83 Å². The van der Waals surface area contributed by atoms with E-state index in [0.29, 0.717) is 40.2 Å².